The topological polar surface area (TPSA) is 55.6 Å². The summed E-state index contributed by atoms with van der Waals surface area (Å²) in [4.78, 5) is 12.9. The summed E-state index contributed by atoms with van der Waals surface area (Å²) < 4.78 is 5.10. The van der Waals surface area contributed by atoms with Crippen LogP contribution in [0.25, 0.3) is 0 Å². The summed E-state index contributed by atoms with van der Waals surface area (Å²) in [5.41, 5.74) is 5.60. The fourth-order valence-electron chi connectivity index (χ4n) is 1.28. The third kappa shape index (κ3) is 1.70. The summed E-state index contributed by atoms with van der Waals surface area (Å²) >= 11 is 0. The van der Waals surface area contributed by atoms with Crippen molar-refractivity contribution in [2.24, 2.45) is 5.73 Å². The molecule has 1 atom stereocenters. The van der Waals surface area contributed by atoms with E-state index in [2.05, 4.69) is 0 Å². The van der Waals surface area contributed by atoms with E-state index in [1.54, 1.807) is 12.1 Å². The van der Waals surface area contributed by atoms with Gasteiger partial charge < -0.3 is 10.5 Å². The second-order valence-electron chi connectivity index (χ2n) is 3.23. The molecule has 0 bridgehead atoms. The molecular formula is C10H12N2O2. The van der Waals surface area contributed by atoms with Gasteiger partial charge in [-0.25, -0.2) is 4.79 Å². The maximum atomic E-state index is 11.4. The normalized spacial score (nSPS) is 20.1. The van der Waals surface area contributed by atoms with Gasteiger partial charge in [-0.15, -0.1) is 0 Å². The van der Waals surface area contributed by atoms with Crippen LogP contribution in [0.5, 0.6) is 5.75 Å². The predicted octanol–water partition coefficient (Wildman–Crippen LogP) is 1.18. The molecule has 1 aliphatic rings. The molecule has 4 nitrogen and oxygen atoms in total. The van der Waals surface area contributed by atoms with Crippen LogP contribution in [-0.4, -0.2) is 23.7 Å². The van der Waals surface area contributed by atoms with Crippen molar-refractivity contribution in [1.82, 2.24) is 4.90 Å². The second kappa shape index (κ2) is 3.67. The number of nitrogens with zero attached hydrogens (tertiary/aromatic N) is 1. The number of likely N-dealkylation sites (tertiary alicyclic amines) is 1. The average Bonchev–Trinajstić information content (AvgIpc) is 2.17. The molecule has 1 amide bonds. The van der Waals surface area contributed by atoms with Crippen molar-refractivity contribution in [3.63, 3.8) is 0 Å². The standard InChI is InChI=1S/C10H12N2O2/c11-9-6-7-12(9)10(13)14-8-4-2-1-3-5-8/h1-5,9H,6-7,11H2. The Kier molecular flexibility index (Phi) is 2.37. The van der Waals surface area contributed by atoms with Gasteiger partial charge in [0.1, 0.15) is 5.75 Å². The molecule has 1 saturated heterocycles. The van der Waals surface area contributed by atoms with E-state index in [0.29, 0.717) is 12.3 Å². The first-order chi connectivity index (χ1) is 6.77. The van der Waals surface area contributed by atoms with E-state index in [1.165, 1.54) is 4.90 Å². The minimum Gasteiger partial charge on any atom is -0.410 e. The predicted molar refractivity (Wildman–Crippen MR) is 51.8 cm³/mol. The highest BCUT2D eigenvalue weighted by Crippen LogP contribution is 2.16. The number of benzene rings is 1. The molecule has 1 heterocycles. The van der Waals surface area contributed by atoms with E-state index in [1.807, 2.05) is 18.2 Å². The van der Waals surface area contributed by atoms with Crippen molar-refractivity contribution in [3.8, 4) is 5.75 Å². The van der Waals surface area contributed by atoms with Crippen molar-refractivity contribution < 1.29 is 9.53 Å². The number of amides is 1. The quantitative estimate of drug-likeness (QED) is 0.726. The summed E-state index contributed by atoms with van der Waals surface area (Å²) in [5, 5.41) is 0. The molecule has 0 spiro atoms. The van der Waals surface area contributed by atoms with Gasteiger partial charge in [0.2, 0.25) is 0 Å². The molecule has 2 rings (SSSR count). The molecule has 0 radical (unpaired) electrons. The monoisotopic (exact) mass is 192 g/mol. The Morgan fingerprint density at radius 2 is 2.14 bits per heavy atom. The van der Waals surface area contributed by atoms with Gasteiger partial charge in [-0.3, -0.25) is 4.90 Å². The molecule has 0 aromatic heterocycles. The van der Waals surface area contributed by atoms with Crippen LogP contribution in [0.4, 0.5) is 4.79 Å². The van der Waals surface area contributed by atoms with E-state index in [4.69, 9.17) is 10.5 Å². The van der Waals surface area contributed by atoms with Crippen LogP contribution >= 0.6 is 0 Å². The Balaban J connectivity index is 1.95. The van der Waals surface area contributed by atoms with Crippen LogP contribution in [0.3, 0.4) is 0 Å². The zero-order valence-electron chi connectivity index (χ0n) is 7.72. The van der Waals surface area contributed by atoms with Gasteiger partial charge in [0, 0.05) is 6.54 Å². The lowest BCUT2D eigenvalue weighted by atomic mass is 10.2. The van der Waals surface area contributed by atoms with Crippen LogP contribution in [0.2, 0.25) is 0 Å². The minimum atomic E-state index is -0.366. The molecule has 1 aromatic rings. The summed E-state index contributed by atoms with van der Waals surface area (Å²) in [6.45, 7) is 0.687. The lowest BCUT2D eigenvalue weighted by Gasteiger charge is -2.36. The van der Waals surface area contributed by atoms with Crippen molar-refractivity contribution >= 4 is 6.09 Å². The third-order valence-corrected chi connectivity index (χ3v) is 2.25. The molecular weight excluding hydrogens is 180 g/mol. The van der Waals surface area contributed by atoms with Gasteiger partial charge >= 0.3 is 6.09 Å². The first kappa shape index (κ1) is 9.02. The highest BCUT2D eigenvalue weighted by atomic mass is 16.6. The fraction of sp³-hybridized carbons (Fsp3) is 0.300. The summed E-state index contributed by atoms with van der Waals surface area (Å²) in [6.07, 6.45) is 0.310. The van der Waals surface area contributed by atoms with Crippen LogP contribution in [0.1, 0.15) is 6.42 Å². The smallest absolute Gasteiger partial charge is 0.410 e. The molecule has 1 aliphatic heterocycles. The lowest BCUT2D eigenvalue weighted by Crippen LogP contribution is -2.56. The van der Waals surface area contributed by atoms with Crippen molar-refractivity contribution in [2.75, 3.05) is 6.54 Å². The molecule has 4 heteroatoms. The van der Waals surface area contributed by atoms with E-state index < -0.39 is 0 Å². The molecule has 0 aliphatic carbocycles. The molecule has 1 fully saturated rings. The first-order valence-corrected chi connectivity index (χ1v) is 4.56. The maximum absolute atomic E-state index is 11.4. The molecule has 0 saturated carbocycles. The Bertz CT molecular complexity index is 326. The van der Waals surface area contributed by atoms with Gasteiger partial charge in [0.05, 0.1) is 6.17 Å². The third-order valence-electron chi connectivity index (χ3n) is 2.25. The zero-order valence-corrected chi connectivity index (χ0v) is 7.72. The number of hydrogen-bond donors (Lipinski definition) is 1. The van der Waals surface area contributed by atoms with Crippen molar-refractivity contribution in [3.05, 3.63) is 30.3 Å². The molecule has 1 aromatic carbocycles. The van der Waals surface area contributed by atoms with Gasteiger partial charge in [-0.05, 0) is 18.6 Å². The average molecular weight is 192 g/mol. The molecule has 2 N–H and O–H groups in total. The SMILES string of the molecule is NC1CCN1C(=O)Oc1ccccc1. The Morgan fingerprint density at radius 1 is 1.43 bits per heavy atom. The van der Waals surface area contributed by atoms with E-state index in [9.17, 15) is 4.79 Å². The lowest BCUT2D eigenvalue weighted by molar-refractivity contribution is 0.0842. The van der Waals surface area contributed by atoms with Gasteiger partial charge in [-0.1, -0.05) is 18.2 Å². The number of carbonyl (C=O) groups excluding carboxylic acids is 1. The van der Waals surface area contributed by atoms with Gasteiger partial charge in [0.25, 0.3) is 0 Å². The Morgan fingerprint density at radius 3 is 2.64 bits per heavy atom. The number of carbonyl (C=O) groups is 1. The number of ether oxygens (including phenoxy) is 1. The summed E-state index contributed by atoms with van der Waals surface area (Å²) in [5.74, 6) is 0.552. The minimum absolute atomic E-state index is 0.175. The first-order valence-electron chi connectivity index (χ1n) is 4.56. The number of hydrogen-bond acceptors (Lipinski definition) is 3. The Labute approximate surface area is 82.3 Å². The zero-order chi connectivity index (χ0) is 9.97. The van der Waals surface area contributed by atoms with E-state index in [0.717, 1.165) is 6.42 Å². The summed E-state index contributed by atoms with van der Waals surface area (Å²) in [7, 11) is 0. The highest BCUT2D eigenvalue weighted by molar-refractivity contribution is 5.71. The van der Waals surface area contributed by atoms with Crippen LogP contribution in [0.15, 0.2) is 30.3 Å². The molecule has 1 unspecified atom stereocenters. The number of rotatable bonds is 1. The highest BCUT2D eigenvalue weighted by Gasteiger charge is 2.30. The molecule has 14 heavy (non-hydrogen) atoms. The van der Waals surface area contributed by atoms with Crippen molar-refractivity contribution in [2.45, 2.75) is 12.6 Å². The number of nitrogens with two attached hydrogens (primary N) is 1. The van der Waals surface area contributed by atoms with Crippen LogP contribution in [0, 0.1) is 0 Å². The fourth-order valence-corrected chi connectivity index (χ4v) is 1.28. The second-order valence-corrected chi connectivity index (χ2v) is 3.23. The van der Waals surface area contributed by atoms with Gasteiger partial charge in [0.15, 0.2) is 0 Å². The van der Waals surface area contributed by atoms with Crippen LogP contribution < -0.4 is 10.5 Å². The molecule has 74 valence electrons. The van der Waals surface area contributed by atoms with E-state index >= 15 is 0 Å². The van der Waals surface area contributed by atoms with Crippen molar-refractivity contribution in [1.29, 1.82) is 0 Å². The van der Waals surface area contributed by atoms with E-state index in [-0.39, 0.29) is 12.3 Å². The largest absolute Gasteiger partial charge is 0.416 e. The summed E-state index contributed by atoms with van der Waals surface area (Å²) in [6, 6.07) is 8.98. The van der Waals surface area contributed by atoms with Gasteiger partial charge in [-0.2, -0.15) is 0 Å². The van der Waals surface area contributed by atoms with Crippen LogP contribution in [-0.2, 0) is 0 Å². The maximum Gasteiger partial charge on any atom is 0.416 e. The number of para-hydroxylation sites is 1. The Hall–Kier alpha value is -1.55.